The maximum atomic E-state index is 5.34. The van der Waals surface area contributed by atoms with Crippen LogP contribution in [-0.4, -0.2) is 12.8 Å². The lowest BCUT2D eigenvalue weighted by atomic mass is 10.4. The molecule has 7 heavy (non-hydrogen) atoms. The van der Waals surface area contributed by atoms with Gasteiger partial charge in [0.1, 0.15) is 6.23 Å². The third-order valence-corrected chi connectivity index (χ3v) is 1.48. The molecule has 2 atom stereocenters. The van der Waals surface area contributed by atoms with Crippen LogP contribution >= 0.6 is 9.03 Å². The van der Waals surface area contributed by atoms with Crippen LogP contribution in [0, 0.1) is 0 Å². The molecule has 1 heterocycles. The van der Waals surface area contributed by atoms with E-state index in [0.29, 0.717) is 0 Å². The third-order valence-electron chi connectivity index (χ3n) is 0.763. The Labute approximate surface area is 44.1 Å². The van der Waals surface area contributed by atoms with Crippen molar-refractivity contribution in [2.75, 3.05) is 6.61 Å². The van der Waals surface area contributed by atoms with Crippen LogP contribution in [0.5, 0.6) is 0 Å². The van der Waals surface area contributed by atoms with Crippen LogP contribution in [0.3, 0.4) is 0 Å². The minimum atomic E-state index is -0.0768. The van der Waals surface area contributed by atoms with E-state index < -0.39 is 0 Å². The molecular formula is C3H8NO2P. The predicted octanol–water partition coefficient (Wildman–Crippen LogP) is 0.217. The highest BCUT2D eigenvalue weighted by atomic mass is 31.1. The molecule has 0 aromatic carbocycles. The first-order valence-electron chi connectivity index (χ1n) is 2.17. The molecule has 1 fully saturated rings. The summed E-state index contributed by atoms with van der Waals surface area (Å²) in [6.07, 6.45) is 0.750. The summed E-state index contributed by atoms with van der Waals surface area (Å²) in [5, 5.41) is 0. The van der Waals surface area contributed by atoms with Crippen molar-refractivity contribution in [3.8, 4) is 0 Å². The highest BCUT2D eigenvalue weighted by Gasteiger charge is 2.07. The Hall–Kier alpha value is 0.310. The zero-order valence-electron chi connectivity index (χ0n) is 3.89. The molecule has 42 valence electrons. The topological polar surface area (TPSA) is 44.5 Å². The van der Waals surface area contributed by atoms with Crippen molar-refractivity contribution < 1.29 is 9.05 Å². The lowest BCUT2D eigenvalue weighted by molar-refractivity contribution is 0.125. The first kappa shape index (κ1) is 5.45. The van der Waals surface area contributed by atoms with Crippen LogP contribution in [0.25, 0.3) is 0 Å². The minimum absolute atomic E-state index is 0.0768. The number of hydrogen-bond acceptors (Lipinski definition) is 3. The molecule has 0 spiro atoms. The fraction of sp³-hybridized carbons (Fsp3) is 1.00. The summed E-state index contributed by atoms with van der Waals surface area (Å²) in [4.78, 5) is 0. The lowest BCUT2D eigenvalue weighted by Crippen LogP contribution is -2.24. The lowest BCUT2D eigenvalue weighted by Gasteiger charge is -2.16. The molecule has 1 rings (SSSR count). The molecule has 4 heteroatoms. The van der Waals surface area contributed by atoms with Crippen molar-refractivity contribution in [2.24, 2.45) is 5.73 Å². The Balaban J connectivity index is 2.12. The van der Waals surface area contributed by atoms with Gasteiger partial charge in [-0.15, -0.1) is 0 Å². The Morgan fingerprint density at radius 3 is 2.86 bits per heavy atom. The van der Waals surface area contributed by atoms with Crippen molar-refractivity contribution in [3.05, 3.63) is 0 Å². The van der Waals surface area contributed by atoms with Gasteiger partial charge in [0.05, 0.1) is 6.61 Å². The van der Waals surface area contributed by atoms with E-state index >= 15 is 0 Å². The van der Waals surface area contributed by atoms with Gasteiger partial charge in [0.2, 0.25) is 0 Å². The van der Waals surface area contributed by atoms with E-state index in [2.05, 4.69) is 0 Å². The molecule has 1 aliphatic rings. The van der Waals surface area contributed by atoms with Gasteiger partial charge in [-0.05, 0) is 0 Å². The number of rotatable bonds is 0. The van der Waals surface area contributed by atoms with Gasteiger partial charge in [-0.3, -0.25) is 0 Å². The normalized spacial score (nSPS) is 36.4. The molecule has 0 aromatic rings. The summed E-state index contributed by atoms with van der Waals surface area (Å²) in [6, 6.07) is 0. The van der Waals surface area contributed by atoms with Crippen LogP contribution in [0.1, 0.15) is 6.42 Å². The second-order valence-electron chi connectivity index (χ2n) is 1.38. The largest absolute Gasteiger partial charge is 0.336 e. The summed E-state index contributed by atoms with van der Waals surface area (Å²) in [5.74, 6) is 0. The van der Waals surface area contributed by atoms with E-state index in [4.69, 9.17) is 14.8 Å². The quantitative estimate of drug-likeness (QED) is 0.466. The molecule has 0 aromatic heterocycles. The second kappa shape index (κ2) is 2.58. The number of hydrogen-bond donors (Lipinski definition) is 1. The van der Waals surface area contributed by atoms with Gasteiger partial charge >= 0.3 is 0 Å². The van der Waals surface area contributed by atoms with Crippen molar-refractivity contribution >= 4 is 9.03 Å². The standard InChI is InChI=1S/C3H8NO2P/c4-3-1-2-5-7-6-3/h3,7H,1-2,4H2. The van der Waals surface area contributed by atoms with Crippen LogP contribution in [0.4, 0.5) is 0 Å². The van der Waals surface area contributed by atoms with Crippen LogP contribution in [0.15, 0.2) is 0 Å². The highest BCUT2D eigenvalue weighted by Crippen LogP contribution is 2.21. The van der Waals surface area contributed by atoms with E-state index in [0.717, 1.165) is 13.0 Å². The smallest absolute Gasteiger partial charge is 0.156 e. The molecule has 3 nitrogen and oxygen atoms in total. The van der Waals surface area contributed by atoms with Gasteiger partial charge in [-0.25, -0.2) is 0 Å². The van der Waals surface area contributed by atoms with Gasteiger partial charge < -0.3 is 14.8 Å². The maximum absolute atomic E-state index is 5.34. The minimum Gasteiger partial charge on any atom is -0.336 e. The monoisotopic (exact) mass is 121 g/mol. The summed E-state index contributed by atoms with van der Waals surface area (Å²) >= 11 is 0. The van der Waals surface area contributed by atoms with E-state index in [9.17, 15) is 0 Å². The summed E-state index contributed by atoms with van der Waals surface area (Å²) in [7, 11) is 0.157. The van der Waals surface area contributed by atoms with E-state index in [1.165, 1.54) is 0 Å². The van der Waals surface area contributed by atoms with Crippen LogP contribution < -0.4 is 5.73 Å². The second-order valence-corrected chi connectivity index (χ2v) is 2.07. The van der Waals surface area contributed by atoms with E-state index in [1.807, 2.05) is 0 Å². The van der Waals surface area contributed by atoms with Crippen molar-refractivity contribution in [1.82, 2.24) is 0 Å². The Kier molecular flexibility index (Phi) is 2.00. The van der Waals surface area contributed by atoms with E-state index in [1.54, 1.807) is 0 Å². The average molecular weight is 121 g/mol. The summed E-state index contributed by atoms with van der Waals surface area (Å²) < 4.78 is 9.73. The fourth-order valence-corrected chi connectivity index (χ4v) is 0.882. The molecular weight excluding hydrogens is 113 g/mol. The molecule has 0 saturated carbocycles. The van der Waals surface area contributed by atoms with Gasteiger partial charge in [-0.1, -0.05) is 0 Å². The van der Waals surface area contributed by atoms with E-state index in [-0.39, 0.29) is 15.3 Å². The summed E-state index contributed by atoms with van der Waals surface area (Å²) in [6.45, 7) is 0.750. The van der Waals surface area contributed by atoms with Gasteiger partial charge in [0.15, 0.2) is 9.03 Å². The SMILES string of the molecule is NC1CCOPO1. The van der Waals surface area contributed by atoms with Gasteiger partial charge in [0, 0.05) is 6.42 Å². The first-order chi connectivity index (χ1) is 3.39. The molecule has 1 aliphatic heterocycles. The van der Waals surface area contributed by atoms with Gasteiger partial charge in [-0.2, -0.15) is 0 Å². The molecule has 0 aliphatic carbocycles. The fourth-order valence-electron chi connectivity index (χ4n) is 0.371. The molecule has 0 amide bonds. The van der Waals surface area contributed by atoms with Crippen LogP contribution in [0.2, 0.25) is 0 Å². The molecule has 2 N–H and O–H groups in total. The first-order valence-corrected chi connectivity index (χ1v) is 2.99. The average Bonchev–Trinajstić information content (AvgIpc) is 1.69. The van der Waals surface area contributed by atoms with Crippen LogP contribution in [-0.2, 0) is 9.05 Å². The third kappa shape index (κ3) is 1.70. The zero-order chi connectivity index (χ0) is 5.11. The Morgan fingerprint density at radius 2 is 2.57 bits per heavy atom. The maximum Gasteiger partial charge on any atom is 0.156 e. The molecule has 2 unspecified atom stereocenters. The molecule has 0 bridgehead atoms. The van der Waals surface area contributed by atoms with Crippen molar-refractivity contribution in [3.63, 3.8) is 0 Å². The van der Waals surface area contributed by atoms with Gasteiger partial charge in [0.25, 0.3) is 0 Å². The van der Waals surface area contributed by atoms with Crippen molar-refractivity contribution in [2.45, 2.75) is 12.6 Å². The summed E-state index contributed by atoms with van der Waals surface area (Å²) in [5.41, 5.74) is 5.34. The Bertz CT molecular complexity index is 54.9. The van der Waals surface area contributed by atoms with Crippen molar-refractivity contribution in [1.29, 1.82) is 0 Å². The number of nitrogens with two attached hydrogens (primary N) is 1. The molecule has 0 radical (unpaired) electrons. The molecule has 1 saturated heterocycles. The highest BCUT2D eigenvalue weighted by molar-refractivity contribution is 7.26. The Morgan fingerprint density at radius 1 is 1.71 bits per heavy atom. The predicted molar refractivity (Wildman–Crippen MR) is 27.9 cm³/mol. The zero-order valence-corrected chi connectivity index (χ0v) is 4.89.